The predicted molar refractivity (Wildman–Crippen MR) is 45.6 cm³/mol. The maximum absolute atomic E-state index is 10.5. The maximum Gasteiger partial charge on any atom is 1.00 e. The van der Waals surface area contributed by atoms with Gasteiger partial charge in [0.2, 0.25) is 0 Å². The van der Waals surface area contributed by atoms with Crippen LogP contribution in [0.1, 0.15) is 13.8 Å². The van der Waals surface area contributed by atoms with Crippen LogP contribution in [-0.2, 0) is 20.2 Å². The topological polar surface area (TPSA) is 132 Å². The first-order chi connectivity index (χ1) is 5.98. The maximum atomic E-state index is 10.5. The van der Waals surface area contributed by atoms with Crippen molar-refractivity contribution in [1.82, 2.24) is 5.06 Å². The second kappa shape index (κ2) is 8.02. The Bertz CT molecular complexity index is 355. The van der Waals surface area contributed by atoms with Gasteiger partial charge in [-0.25, -0.2) is 0 Å². The van der Waals surface area contributed by atoms with Crippen molar-refractivity contribution in [3.63, 3.8) is 0 Å². The normalized spacial score (nSPS) is 15.9. The van der Waals surface area contributed by atoms with Crippen LogP contribution in [-0.4, -0.2) is 47.0 Å². The molecule has 3 N–H and O–H groups in total. The molecule has 2 unspecified atom stereocenters. The predicted octanol–water partition coefficient (Wildman–Crippen LogP) is -6.85. The van der Waals surface area contributed by atoms with Crippen molar-refractivity contribution in [3.05, 3.63) is 0 Å². The summed E-state index contributed by atoms with van der Waals surface area (Å²) in [5.41, 5.74) is 0. The van der Waals surface area contributed by atoms with E-state index in [0.717, 1.165) is 13.8 Å². The minimum absolute atomic E-state index is 0. The molecule has 0 aromatic carbocycles. The Balaban J connectivity index is -0.000000845. The summed E-state index contributed by atoms with van der Waals surface area (Å²) >= 11 is 0. The Morgan fingerprint density at radius 1 is 0.875 bits per heavy atom. The first-order valence-electron chi connectivity index (χ1n) is 3.37. The van der Waals surface area contributed by atoms with E-state index in [4.69, 9.17) is 14.3 Å². The molecule has 0 spiro atoms. The van der Waals surface area contributed by atoms with E-state index in [9.17, 15) is 16.8 Å². The summed E-state index contributed by atoms with van der Waals surface area (Å²) in [7, 11) is -9.21. The van der Waals surface area contributed by atoms with E-state index in [0.29, 0.717) is 0 Å². The smallest absolute Gasteiger partial charge is 0.311 e. The standard InChI is InChI=1S/C4H11NO7S2.2Na/c1-3(13(7,8)9)5(6)4(2)14(10,11)12;;/h3-4,6H,1-2H3,(H,7,8,9)(H,10,11,12);;/q;2*+1. The van der Waals surface area contributed by atoms with Gasteiger partial charge in [0, 0.05) is 0 Å². The molecule has 0 aromatic rings. The minimum atomic E-state index is -4.61. The van der Waals surface area contributed by atoms with Gasteiger partial charge in [0.25, 0.3) is 20.2 Å². The second-order valence-electron chi connectivity index (χ2n) is 2.61. The Hall–Kier alpha value is 1.74. The van der Waals surface area contributed by atoms with Crippen LogP contribution in [0.3, 0.4) is 0 Å². The van der Waals surface area contributed by atoms with E-state index in [1.165, 1.54) is 0 Å². The fourth-order valence-corrected chi connectivity index (χ4v) is 1.56. The third-order valence-corrected chi connectivity index (χ3v) is 3.76. The molecule has 0 aliphatic carbocycles. The molecule has 12 heteroatoms. The number of hydroxylamine groups is 2. The molecule has 0 rings (SSSR count). The van der Waals surface area contributed by atoms with Gasteiger partial charge in [-0.2, -0.15) is 21.9 Å². The van der Waals surface area contributed by atoms with Crippen LogP contribution in [0, 0.1) is 0 Å². The van der Waals surface area contributed by atoms with Crippen LogP contribution >= 0.6 is 0 Å². The van der Waals surface area contributed by atoms with E-state index < -0.39 is 31.0 Å². The van der Waals surface area contributed by atoms with Crippen molar-refractivity contribution in [3.8, 4) is 0 Å². The summed E-state index contributed by atoms with van der Waals surface area (Å²) < 4.78 is 58.9. The molecule has 0 aliphatic rings. The van der Waals surface area contributed by atoms with Gasteiger partial charge in [-0.05, 0) is 13.8 Å². The Morgan fingerprint density at radius 3 is 1.19 bits per heavy atom. The fraction of sp³-hybridized carbons (Fsp3) is 1.00. The summed E-state index contributed by atoms with van der Waals surface area (Å²) in [6.07, 6.45) is 0. The van der Waals surface area contributed by atoms with Crippen LogP contribution in [0.5, 0.6) is 0 Å². The zero-order valence-electron chi connectivity index (χ0n) is 9.39. The summed E-state index contributed by atoms with van der Waals surface area (Å²) in [5, 5.41) is 5.14. The number of nitrogens with zero attached hydrogens (tertiary/aromatic N) is 1. The van der Waals surface area contributed by atoms with Crippen molar-refractivity contribution in [2.24, 2.45) is 0 Å². The molecule has 0 amide bonds. The molecule has 16 heavy (non-hydrogen) atoms. The van der Waals surface area contributed by atoms with E-state index >= 15 is 0 Å². The first-order valence-corrected chi connectivity index (χ1v) is 6.38. The summed E-state index contributed by atoms with van der Waals surface area (Å²) in [5.74, 6) is 0. The minimum Gasteiger partial charge on any atom is -0.311 e. The van der Waals surface area contributed by atoms with Crippen LogP contribution in [0.15, 0.2) is 0 Å². The van der Waals surface area contributed by atoms with E-state index in [-0.39, 0.29) is 64.2 Å². The molecule has 0 saturated carbocycles. The Kier molecular flexibility index (Phi) is 11.5. The monoisotopic (exact) mass is 295 g/mol. The molecular weight excluding hydrogens is 284 g/mol. The molecule has 0 bridgehead atoms. The van der Waals surface area contributed by atoms with Crippen LogP contribution in [0.4, 0.5) is 0 Å². The molecule has 0 fully saturated rings. The average Bonchev–Trinajstić information content (AvgIpc) is 1.97. The molecule has 0 radical (unpaired) electrons. The van der Waals surface area contributed by atoms with E-state index in [1.54, 1.807) is 0 Å². The van der Waals surface area contributed by atoms with Gasteiger partial charge >= 0.3 is 59.1 Å². The van der Waals surface area contributed by atoms with Crippen molar-refractivity contribution >= 4 is 20.2 Å². The van der Waals surface area contributed by atoms with Crippen LogP contribution in [0.2, 0.25) is 0 Å². The summed E-state index contributed by atoms with van der Waals surface area (Å²) in [6, 6.07) is 0. The van der Waals surface area contributed by atoms with Gasteiger partial charge in [0.05, 0.1) is 0 Å². The third kappa shape index (κ3) is 7.24. The van der Waals surface area contributed by atoms with Crippen molar-refractivity contribution < 1.29 is 90.3 Å². The quantitative estimate of drug-likeness (QED) is 0.265. The molecule has 0 aliphatic heterocycles. The van der Waals surface area contributed by atoms with Gasteiger partial charge in [-0.1, -0.05) is 0 Å². The molecule has 0 saturated heterocycles. The van der Waals surface area contributed by atoms with Crippen LogP contribution < -0.4 is 59.1 Å². The average molecular weight is 295 g/mol. The zero-order chi connectivity index (χ0) is 11.7. The fourth-order valence-electron chi connectivity index (χ4n) is 0.569. The zero-order valence-corrected chi connectivity index (χ0v) is 15.0. The molecule has 0 heterocycles. The summed E-state index contributed by atoms with van der Waals surface area (Å²) in [6.45, 7) is 1.72. The van der Waals surface area contributed by atoms with Gasteiger partial charge in [-0.3, -0.25) is 9.11 Å². The Morgan fingerprint density at radius 2 is 1.06 bits per heavy atom. The van der Waals surface area contributed by atoms with Crippen molar-refractivity contribution in [2.45, 2.75) is 24.6 Å². The van der Waals surface area contributed by atoms with E-state index in [1.807, 2.05) is 0 Å². The summed E-state index contributed by atoms with van der Waals surface area (Å²) in [4.78, 5) is 0. The van der Waals surface area contributed by atoms with E-state index in [2.05, 4.69) is 0 Å². The van der Waals surface area contributed by atoms with Gasteiger partial charge in [0.1, 0.15) is 0 Å². The largest absolute Gasteiger partial charge is 1.00 e. The number of hydrogen-bond donors (Lipinski definition) is 3. The number of rotatable bonds is 4. The molecule has 0 aromatic heterocycles. The van der Waals surface area contributed by atoms with Crippen LogP contribution in [0.25, 0.3) is 0 Å². The van der Waals surface area contributed by atoms with Crippen molar-refractivity contribution in [1.29, 1.82) is 0 Å². The SMILES string of the molecule is CC(N(O)C(C)S(=O)(=O)O)S(=O)(=O)O.[Na+].[Na+]. The first kappa shape index (κ1) is 22.9. The number of hydrogen-bond acceptors (Lipinski definition) is 6. The van der Waals surface area contributed by atoms with Gasteiger partial charge in [0.15, 0.2) is 10.7 Å². The molecular formula is C4H11NNa2O7S2+2. The van der Waals surface area contributed by atoms with Gasteiger partial charge in [-0.15, -0.1) is 0 Å². The van der Waals surface area contributed by atoms with Gasteiger partial charge < -0.3 is 5.21 Å². The molecule has 2 atom stereocenters. The second-order valence-corrected chi connectivity index (χ2v) is 6.03. The Labute approximate surface area is 138 Å². The molecule has 8 nitrogen and oxygen atoms in total. The third-order valence-electron chi connectivity index (χ3n) is 1.61. The molecule has 86 valence electrons. The van der Waals surface area contributed by atoms with Crippen molar-refractivity contribution in [2.75, 3.05) is 0 Å².